The fourth-order valence-corrected chi connectivity index (χ4v) is 2.49. The molecule has 0 heterocycles. The van der Waals surface area contributed by atoms with Crippen LogP contribution in [0.3, 0.4) is 0 Å². The van der Waals surface area contributed by atoms with Crippen LogP contribution in [0.25, 0.3) is 0 Å². The van der Waals surface area contributed by atoms with Crippen LogP contribution in [-0.4, -0.2) is 16.6 Å². The summed E-state index contributed by atoms with van der Waals surface area (Å²) in [7, 11) is 0. The molecule has 1 saturated carbocycles. The van der Waals surface area contributed by atoms with Gasteiger partial charge in [0.1, 0.15) is 0 Å². The Hall–Kier alpha value is -1.62. The van der Waals surface area contributed by atoms with Gasteiger partial charge in [0.2, 0.25) is 0 Å². The van der Waals surface area contributed by atoms with Gasteiger partial charge in [-0.25, -0.2) is 0 Å². The SMILES string of the molecule is O=[N+]([O-])c1cc(CO)ccc1OCC1CCCCC1. The van der Waals surface area contributed by atoms with E-state index in [9.17, 15) is 10.1 Å². The van der Waals surface area contributed by atoms with Crippen molar-refractivity contribution in [3.8, 4) is 5.75 Å². The van der Waals surface area contributed by atoms with E-state index in [4.69, 9.17) is 9.84 Å². The second kappa shape index (κ2) is 6.52. The molecule has 1 aliphatic carbocycles. The predicted octanol–water partition coefficient (Wildman–Crippen LogP) is 3.05. The molecule has 19 heavy (non-hydrogen) atoms. The maximum atomic E-state index is 11.0. The van der Waals surface area contributed by atoms with Gasteiger partial charge in [-0.1, -0.05) is 25.3 Å². The minimum Gasteiger partial charge on any atom is -0.487 e. The van der Waals surface area contributed by atoms with Crippen molar-refractivity contribution in [3.63, 3.8) is 0 Å². The zero-order valence-electron chi connectivity index (χ0n) is 10.9. The maximum Gasteiger partial charge on any atom is 0.311 e. The Morgan fingerprint density at radius 2 is 2.05 bits per heavy atom. The molecule has 104 valence electrons. The van der Waals surface area contributed by atoms with E-state index in [-0.39, 0.29) is 12.3 Å². The fourth-order valence-electron chi connectivity index (χ4n) is 2.49. The topological polar surface area (TPSA) is 72.6 Å². The highest BCUT2D eigenvalue weighted by molar-refractivity contribution is 5.48. The summed E-state index contributed by atoms with van der Waals surface area (Å²) in [6.45, 7) is 0.336. The van der Waals surface area contributed by atoms with E-state index in [0.717, 1.165) is 12.8 Å². The molecule has 1 N–H and O–H groups in total. The van der Waals surface area contributed by atoms with Crippen molar-refractivity contribution in [2.45, 2.75) is 38.7 Å². The summed E-state index contributed by atoms with van der Waals surface area (Å²) >= 11 is 0. The summed E-state index contributed by atoms with van der Waals surface area (Å²) in [6.07, 6.45) is 6.01. The summed E-state index contributed by atoms with van der Waals surface area (Å²) < 4.78 is 5.61. The standard InChI is InChI=1S/C14H19NO4/c16-9-12-6-7-14(13(8-12)15(17)18)19-10-11-4-2-1-3-5-11/h6-8,11,16H,1-5,9-10H2. The van der Waals surface area contributed by atoms with Crippen molar-refractivity contribution >= 4 is 5.69 Å². The van der Waals surface area contributed by atoms with Gasteiger partial charge in [0.25, 0.3) is 0 Å². The number of nitrogens with zero attached hydrogens (tertiary/aromatic N) is 1. The summed E-state index contributed by atoms with van der Waals surface area (Å²) in [5.41, 5.74) is 0.457. The second-order valence-electron chi connectivity index (χ2n) is 5.03. The molecule has 1 aliphatic rings. The molecule has 0 unspecified atom stereocenters. The first-order valence-electron chi connectivity index (χ1n) is 6.71. The molecule has 0 spiro atoms. The van der Waals surface area contributed by atoms with E-state index in [1.165, 1.54) is 25.3 Å². The van der Waals surface area contributed by atoms with E-state index >= 15 is 0 Å². The number of aliphatic hydroxyl groups excluding tert-OH is 1. The van der Waals surface area contributed by atoms with Crippen molar-refractivity contribution < 1.29 is 14.8 Å². The lowest BCUT2D eigenvalue weighted by Crippen LogP contribution is -2.15. The monoisotopic (exact) mass is 265 g/mol. The van der Waals surface area contributed by atoms with Gasteiger partial charge in [0.15, 0.2) is 5.75 Å². The highest BCUT2D eigenvalue weighted by atomic mass is 16.6. The summed E-state index contributed by atoms with van der Waals surface area (Å²) in [5, 5.41) is 20.0. The van der Waals surface area contributed by atoms with Crippen LogP contribution in [0.5, 0.6) is 5.75 Å². The van der Waals surface area contributed by atoms with Gasteiger partial charge < -0.3 is 9.84 Å². The first kappa shape index (κ1) is 13.8. The zero-order chi connectivity index (χ0) is 13.7. The molecule has 5 heteroatoms. The number of hydrogen-bond donors (Lipinski definition) is 1. The van der Waals surface area contributed by atoms with Gasteiger partial charge in [-0.05, 0) is 30.4 Å². The third kappa shape index (κ3) is 3.67. The number of rotatable bonds is 5. The van der Waals surface area contributed by atoms with Crippen LogP contribution in [0, 0.1) is 16.0 Å². The number of ether oxygens (including phenoxy) is 1. The second-order valence-corrected chi connectivity index (χ2v) is 5.03. The molecule has 2 rings (SSSR count). The van der Waals surface area contributed by atoms with Crippen LogP contribution in [0.15, 0.2) is 18.2 Å². The Kier molecular flexibility index (Phi) is 4.74. The van der Waals surface area contributed by atoms with E-state index < -0.39 is 4.92 Å². The third-order valence-corrected chi connectivity index (χ3v) is 3.60. The van der Waals surface area contributed by atoms with Crippen molar-refractivity contribution in [2.24, 2.45) is 5.92 Å². The molecular formula is C14H19NO4. The first-order valence-corrected chi connectivity index (χ1v) is 6.71. The fraction of sp³-hybridized carbons (Fsp3) is 0.571. The smallest absolute Gasteiger partial charge is 0.311 e. The van der Waals surface area contributed by atoms with Crippen LogP contribution in [0.4, 0.5) is 5.69 Å². The minimum absolute atomic E-state index is 0.0673. The molecule has 1 fully saturated rings. The maximum absolute atomic E-state index is 11.0. The lowest BCUT2D eigenvalue weighted by atomic mass is 9.90. The van der Waals surface area contributed by atoms with Crippen molar-refractivity contribution in [1.82, 2.24) is 0 Å². The first-order chi connectivity index (χ1) is 9.20. The number of nitro groups is 1. The van der Waals surface area contributed by atoms with Gasteiger partial charge in [-0.3, -0.25) is 10.1 Å². The molecule has 0 aliphatic heterocycles. The molecular weight excluding hydrogens is 246 g/mol. The van der Waals surface area contributed by atoms with Gasteiger partial charge in [-0.15, -0.1) is 0 Å². The highest BCUT2D eigenvalue weighted by Gasteiger charge is 2.19. The Labute approximate surface area is 112 Å². The van der Waals surface area contributed by atoms with Gasteiger partial charge in [0, 0.05) is 6.07 Å². The van der Waals surface area contributed by atoms with Crippen LogP contribution >= 0.6 is 0 Å². The predicted molar refractivity (Wildman–Crippen MR) is 71.1 cm³/mol. The van der Waals surface area contributed by atoms with E-state index in [0.29, 0.717) is 23.8 Å². The Morgan fingerprint density at radius 1 is 1.32 bits per heavy atom. The lowest BCUT2D eigenvalue weighted by molar-refractivity contribution is -0.386. The van der Waals surface area contributed by atoms with Gasteiger partial charge in [0.05, 0.1) is 18.1 Å². The Balaban J connectivity index is 2.04. The summed E-state index contributed by atoms with van der Waals surface area (Å²) in [4.78, 5) is 10.5. The minimum atomic E-state index is -0.463. The molecule has 0 amide bonds. The Morgan fingerprint density at radius 3 is 2.68 bits per heavy atom. The van der Waals surface area contributed by atoms with E-state index in [2.05, 4.69) is 0 Å². The molecule has 5 nitrogen and oxygen atoms in total. The van der Waals surface area contributed by atoms with Crippen LogP contribution in [0.2, 0.25) is 0 Å². The molecule has 0 bridgehead atoms. The van der Waals surface area contributed by atoms with Crippen molar-refractivity contribution in [3.05, 3.63) is 33.9 Å². The average molecular weight is 265 g/mol. The largest absolute Gasteiger partial charge is 0.487 e. The molecule has 0 saturated heterocycles. The molecule has 0 atom stereocenters. The highest BCUT2D eigenvalue weighted by Crippen LogP contribution is 2.30. The molecule has 1 aromatic rings. The lowest BCUT2D eigenvalue weighted by Gasteiger charge is -2.21. The van der Waals surface area contributed by atoms with E-state index in [1.54, 1.807) is 12.1 Å². The Bertz CT molecular complexity index is 441. The van der Waals surface area contributed by atoms with Crippen LogP contribution < -0.4 is 4.74 Å². The van der Waals surface area contributed by atoms with Crippen LogP contribution in [-0.2, 0) is 6.61 Å². The van der Waals surface area contributed by atoms with Crippen molar-refractivity contribution in [2.75, 3.05) is 6.61 Å². The van der Waals surface area contributed by atoms with Gasteiger partial charge in [-0.2, -0.15) is 0 Å². The van der Waals surface area contributed by atoms with Crippen LogP contribution in [0.1, 0.15) is 37.7 Å². The van der Waals surface area contributed by atoms with Gasteiger partial charge >= 0.3 is 5.69 Å². The molecule has 0 aromatic heterocycles. The number of hydrogen-bond acceptors (Lipinski definition) is 4. The molecule has 0 radical (unpaired) electrons. The summed E-state index contributed by atoms with van der Waals surface area (Å²) in [6, 6.07) is 4.60. The number of nitro benzene ring substituents is 1. The van der Waals surface area contributed by atoms with Crippen molar-refractivity contribution in [1.29, 1.82) is 0 Å². The normalized spacial score (nSPS) is 16.3. The third-order valence-electron chi connectivity index (χ3n) is 3.60. The number of aliphatic hydroxyl groups is 1. The van der Waals surface area contributed by atoms with E-state index in [1.807, 2.05) is 0 Å². The zero-order valence-corrected chi connectivity index (χ0v) is 10.9. The average Bonchev–Trinajstić information content (AvgIpc) is 2.46. The molecule has 1 aromatic carbocycles. The number of benzene rings is 1. The quantitative estimate of drug-likeness (QED) is 0.656. The summed E-state index contributed by atoms with van der Waals surface area (Å²) in [5.74, 6) is 0.804.